The quantitative estimate of drug-likeness (QED) is 0.732. The summed E-state index contributed by atoms with van der Waals surface area (Å²) in [6.45, 7) is 2.43. The van der Waals surface area contributed by atoms with Gasteiger partial charge in [-0.1, -0.05) is 18.2 Å². The summed E-state index contributed by atoms with van der Waals surface area (Å²) in [5.74, 6) is 0.0403. The predicted molar refractivity (Wildman–Crippen MR) is 97.9 cm³/mol. The van der Waals surface area contributed by atoms with Crippen molar-refractivity contribution in [3.05, 3.63) is 58.6 Å². The summed E-state index contributed by atoms with van der Waals surface area (Å²) in [7, 11) is 0. The Morgan fingerprint density at radius 3 is 2.65 bits per heavy atom. The van der Waals surface area contributed by atoms with Crippen molar-refractivity contribution in [2.24, 2.45) is 0 Å². The Morgan fingerprint density at radius 1 is 1.13 bits per heavy atom. The first kappa shape index (κ1) is 17.6. The highest BCUT2D eigenvalue weighted by molar-refractivity contribution is 9.10. The van der Waals surface area contributed by atoms with E-state index in [0.717, 1.165) is 9.37 Å². The molecule has 2 amide bonds. The monoisotopic (exact) mass is 392 g/mol. The smallest absolute Gasteiger partial charge is 0.251 e. The molecule has 23 heavy (non-hydrogen) atoms. The van der Waals surface area contributed by atoms with Crippen molar-refractivity contribution in [2.45, 2.75) is 11.8 Å². The van der Waals surface area contributed by atoms with E-state index in [1.165, 1.54) is 11.8 Å². The van der Waals surface area contributed by atoms with Crippen LogP contribution in [0.1, 0.15) is 17.3 Å². The summed E-state index contributed by atoms with van der Waals surface area (Å²) in [6.07, 6.45) is 0. The number of benzene rings is 2. The highest BCUT2D eigenvalue weighted by Gasteiger charge is 2.08. The standard InChI is InChI=1S/C17H17BrN2O2S/c1-2-19-17(22)12-6-5-7-13(10-12)20-16(21)11-23-15-9-4-3-8-14(15)18/h3-10H,2,11H2,1H3,(H,19,22)(H,20,21). The Balaban J connectivity index is 1.94. The molecule has 0 fully saturated rings. The van der Waals surface area contributed by atoms with Gasteiger partial charge in [0.25, 0.3) is 5.91 Å². The van der Waals surface area contributed by atoms with Gasteiger partial charge in [-0.05, 0) is 53.2 Å². The SMILES string of the molecule is CCNC(=O)c1cccc(NC(=O)CSc2ccccc2Br)c1. The summed E-state index contributed by atoms with van der Waals surface area (Å²) >= 11 is 4.91. The molecule has 2 rings (SSSR count). The van der Waals surface area contributed by atoms with E-state index in [4.69, 9.17) is 0 Å². The molecule has 0 aliphatic heterocycles. The number of hydrogen-bond donors (Lipinski definition) is 2. The van der Waals surface area contributed by atoms with E-state index < -0.39 is 0 Å². The number of halogens is 1. The number of carbonyl (C=O) groups is 2. The normalized spacial score (nSPS) is 10.2. The molecule has 0 heterocycles. The Bertz CT molecular complexity index is 706. The van der Waals surface area contributed by atoms with E-state index in [1.54, 1.807) is 24.3 Å². The van der Waals surface area contributed by atoms with Crippen molar-refractivity contribution >= 4 is 45.2 Å². The van der Waals surface area contributed by atoms with Crippen molar-refractivity contribution in [1.82, 2.24) is 5.32 Å². The molecule has 0 aliphatic carbocycles. The highest BCUT2D eigenvalue weighted by atomic mass is 79.9. The molecule has 0 bridgehead atoms. The molecule has 0 spiro atoms. The lowest BCUT2D eigenvalue weighted by Crippen LogP contribution is -2.23. The van der Waals surface area contributed by atoms with Gasteiger partial charge in [0, 0.05) is 27.2 Å². The number of anilines is 1. The fourth-order valence-corrected chi connectivity index (χ4v) is 3.27. The summed E-state index contributed by atoms with van der Waals surface area (Å²) in [5.41, 5.74) is 1.15. The minimum atomic E-state index is -0.147. The number of amides is 2. The van der Waals surface area contributed by atoms with Crippen LogP contribution in [0.5, 0.6) is 0 Å². The molecular formula is C17H17BrN2O2S. The Morgan fingerprint density at radius 2 is 1.91 bits per heavy atom. The van der Waals surface area contributed by atoms with E-state index in [-0.39, 0.29) is 11.8 Å². The van der Waals surface area contributed by atoms with Crippen LogP contribution in [0.3, 0.4) is 0 Å². The number of nitrogens with one attached hydrogen (secondary N) is 2. The molecule has 0 aromatic heterocycles. The molecule has 2 N–H and O–H groups in total. The lowest BCUT2D eigenvalue weighted by molar-refractivity contribution is -0.113. The maximum absolute atomic E-state index is 12.1. The maximum atomic E-state index is 12.1. The Kier molecular flexibility index (Phi) is 6.67. The third-order valence-corrected chi connectivity index (χ3v) is 4.97. The molecule has 0 saturated heterocycles. The van der Waals surface area contributed by atoms with Gasteiger partial charge in [-0.25, -0.2) is 0 Å². The van der Waals surface area contributed by atoms with Gasteiger partial charge in [0.15, 0.2) is 0 Å². The zero-order valence-electron chi connectivity index (χ0n) is 12.6. The fourth-order valence-electron chi connectivity index (χ4n) is 1.90. The molecule has 2 aromatic rings. The molecule has 0 radical (unpaired) electrons. The Hall–Kier alpha value is -1.79. The second-order valence-corrected chi connectivity index (χ2v) is 6.58. The largest absolute Gasteiger partial charge is 0.352 e. The molecular weight excluding hydrogens is 376 g/mol. The van der Waals surface area contributed by atoms with Gasteiger partial charge in [0.1, 0.15) is 0 Å². The topological polar surface area (TPSA) is 58.2 Å². The zero-order valence-corrected chi connectivity index (χ0v) is 15.0. The van der Waals surface area contributed by atoms with E-state index in [9.17, 15) is 9.59 Å². The molecule has 0 saturated carbocycles. The van der Waals surface area contributed by atoms with Crippen LogP contribution in [-0.2, 0) is 4.79 Å². The molecule has 0 atom stereocenters. The highest BCUT2D eigenvalue weighted by Crippen LogP contribution is 2.27. The fraction of sp³-hybridized carbons (Fsp3) is 0.176. The number of carbonyl (C=O) groups excluding carboxylic acids is 2. The lowest BCUT2D eigenvalue weighted by atomic mass is 10.2. The van der Waals surface area contributed by atoms with Gasteiger partial charge in [-0.3, -0.25) is 9.59 Å². The summed E-state index contributed by atoms with van der Waals surface area (Å²) in [6, 6.07) is 14.7. The molecule has 120 valence electrons. The minimum Gasteiger partial charge on any atom is -0.352 e. The second kappa shape index (κ2) is 8.74. The van der Waals surface area contributed by atoms with Gasteiger partial charge in [-0.2, -0.15) is 0 Å². The van der Waals surface area contributed by atoms with Crippen LogP contribution < -0.4 is 10.6 Å². The van der Waals surface area contributed by atoms with Crippen LogP contribution in [0.4, 0.5) is 5.69 Å². The average Bonchev–Trinajstić information content (AvgIpc) is 2.54. The van der Waals surface area contributed by atoms with Gasteiger partial charge >= 0.3 is 0 Å². The molecule has 6 heteroatoms. The summed E-state index contributed by atoms with van der Waals surface area (Å²) in [4.78, 5) is 24.9. The first-order chi connectivity index (χ1) is 11.1. The van der Waals surface area contributed by atoms with Crippen molar-refractivity contribution in [3.63, 3.8) is 0 Å². The summed E-state index contributed by atoms with van der Waals surface area (Å²) < 4.78 is 0.969. The molecule has 0 unspecified atom stereocenters. The second-order valence-electron chi connectivity index (χ2n) is 4.71. The molecule has 2 aromatic carbocycles. The lowest BCUT2D eigenvalue weighted by Gasteiger charge is -2.08. The van der Waals surface area contributed by atoms with E-state index in [1.807, 2.05) is 31.2 Å². The van der Waals surface area contributed by atoms with Crippen LogP contribution in [-0.4, -0.2) is 24.1 Å². The van der Waals surface area contributed by atoms with Crippen molar-refractivity contribution in [1.29, 1.82) is 0 Å². The van der Waals surface area contributed by atoms with Gasteiger partial charge < -0.3 is 10.6 Å². The van der Waals surface area contributed by atoms with Gasteiger partial charge in [0.05, 0.1) is 5.75 Å². The zero-order chi connectivity index (χ0) is 16.7. The average molecular weight is 393 g/mol. The Labute approximate surface area is 148 Å². The maximum Gasteiger partial charge on any atom is 0.251 e. The summed E-state index contributed by atoms with van der Waals surface area (Å²) in [5, 5.41) is 5.55. The van der Waals surface area contributed by atoms with Crippen molar-refractivity contribution < 1.29 is 9.59 Å². The van der Waals surface area contributed by atoms with Crippen molar-refractivity contribution in [2.75, 3.05) is 17.6 Å². The number of hydrogen-bond acceptors (Lipinski definition) is 3. The van der Waals surface area contributed by atoms with Crippen LogP contribution in [0.15, 0.2) is 57.9 Å². The van der Waals surface area contributed by atoms with E-state index >= 15 is 0 Å². The van der Waals surface area contributed by atoms with Crippen molar-refractivity contribution in [3.8, 4) is 0 Å². The van der Waals surface area contributed by atoms with Crippen LogP contribution in [0, 0.1) is 0 Å². The first-order valence-corrected chi connectivity index (χ1v) is 8.93. The third kappa shape index (κ3) is 5.41. The molecule has 0 aliphatic rings. The van der Waals surface area contributed by atoms with E-state index in [0.29, 0.717) is 23.5 Å². The number of rotatable bonds is 6. The first-order valence-electron chi connectivity index (χ1n) is 7.15. The van der Waals surface area contributed by atoms with Crippen LogP contribution in [0.2, 0.25) is 0 Å². The number of thioether (sulfide) groups is 1. The van der Waals surface area contributed by atoms with Gasteiger partial charge in [0.2, 0.25) is 5.91 Å². The molecule has 4 nitrogen and oxygen atoms in total. The van der Waals surface area contributed by atoms with Crippen LogP contribution in [0.25, 0.3) is 0 Å². The minimum absolute atomic E-state index is 0.112. The van der Waals surface area contributed by atoms with E-state index in [2.05, 4.69) is 26.6 Å². The third-order valence-electron chi connectivity index (χ3n) is 2.94. The van der Waals surface area contributed by atoms with Gasteiger partial charge in [-0.15, -0.1) is 11.8 Å². The van der Waals surface area contributed by atoms with Crippen LogP contribution >= 0.6 is 27.7 Å². The predicted octanol–water partition coefficient (Wildman–Crippen LogP) is 3.93.